The minimum atomic E-state index is 0.390. The van der Waals surface area contributed by atoms with Crippen LogP contribution in [0.3, 0.4) is 0 Å². The van der Waals surface area contributed by atoms with E-state index >= 15 is 0 Å². The maximum atomic E-state index is 4.01. The van der Waals surface area contributed by atoms with Crippen LogP contribution in [-0.2, 0) is 0 Å². The van der Waals surface area contributed by atoms with Gasteiger partial charge in [0.25, 0.3) is 0 Å². The van der Waals surface area contributed by atoms with E-state index in [-0.39, 0.29) is 0 Å². The van der Waals surface area contributed by atoms with Crippen LogP contribution in [-0.4, -0.2) is 35.6 Å². The van der Waals surface area contributed by atoms with E-state index in [0.717, 1.165) is 5.92 Å². The smallest absolute Gasteiger partial charge is 0.0335 e. The van der Waals surface area contributed by atoms with Crippen molar-refractivity contribution in [1.29, 1.82) is 0 Å². The Morgan fingerprint density at radius 1 is 0.952 bits per heavy atom. The summed E-state index contributed by atoms with van der Waals surface area (Å²) >= 11 is 0. The highest BCUT2D eigenvalue weighted by Crippen LogP contribution is 2.40. The molecule has 2 heteroatoms. The highest BCUT2D eigenvalue weighted by atomic mass is 15.3. The lowest BCUT2D eigenvalue weighted by molar-refractivity contribution is -0.0304. The van der Waals surface area contributed by atoms with Gasteiger partial charge in [-0.25, -0.2) is 0 Å². The van der Waals surface area contributed by atoms with Crippen LogP contribution in [0.15, 0.2) is 0 Å². The van der Waals surface area contributed by atoms with Crippen molar-refractivity contribution in [3.05, 3.63) is 0 Å². The van der Waals surface area contributed by atoms with Gasteiger partial charge in [-0.15, -0.1) is 0 Å². The van der Waals surface area contributed by atoms with Crippen molar-refractivity contribution < 1.29 is 0 Å². The van der Waals surface area contributed by atoms with Crippen LogP contribution < -0.4 is 5.32 Å². The van der Waals surface area contributed by atoms with E-state index in [2.05, 4.69) is 24.1 Å². The topological polar surface area (TPSA) is 15.3 Å². The molecule has 1 aliphatic heterocycles. The molecular weight excluding hydrogens is 256 g/mol. The average molecular weight is 293 g/mol. The van der Waals surface area contributed by atoms with E-state index in [9.17, 15) is 0 Å². The summed E-state index contributed by atoms with van der Waals surface area (Å²) < 4.78 is 0. The molecule has 1 heterocycles. The summed E-state index contributed by atoms with van der Waals surface area (Å²) in [6.45, 7) is 8.70. The van der Waals surface area contributed by atoms with Gasteiger partial charge in [0.05, 0.1) is 0 Å². The zero-order valence-electron chi connectivity index (χ0n) is 14.4. The number of rotatable bonds is 4. The summed E-state index contributed by atoms with van der Waals surface area (Å²) in [5, 5.41) is 4.01. The number of nitrogens with zero attached hydrogens (tertiary/aromatic N) is 1. The molecule has 3 rings (SSSR count). The average Bonchev–Trinajstić information content (AvgIpc) is 3.04. The second kappa shape index (κ2) is 6.58. The quantitative estimate of drug-likeness (QED) is 0.829. The van der Waals surface area contributed by atoms with Gasteiger partial charge >= 0.3 is 0 Å². The Bertz CT molecular complexity index is 322. The zero-order valence-corrected chi connectivity index (χ0v) is 14.4. The Labute approximate surface area is 132 Å². The normalized spacial score (nSPS) is 30.0. The summed E-state index contributed by atoms with van der Waals surface area (Å²) in [4.78, 5) is 2.98. The number of nitrogens with one attached hydrogen (secondary N) is 1. The first-order valence-electron chi connectivity index (χ1n) is 9.72. The van der Waals surface area contributed by atoms with Gasteiger partial charge in [-0.2, -0.15) is 0 Å². The molecule has 0 radical (unpaired) electrons. The lowest BCUT2D eigenvalue weighted by Gasteiger charge is -2.57. The predicted molar refractivity (Wildman–Crippen MR) is 90.7 cm³/mol. The van der Waals surface area contributed by atoms with Crippen molar-refractivity contribution in [2.45, 2.75) is 95.6 Å². The van der Waals surface area contributed by atoms with Crippen LogP contribution in [0, 0.1) is 5.92 Å². The van der Waals surface area contributed by atoms with Gasteiger partial charge in [-0.3, -0.25) is 4.90 Å². The van der Waals surface area contributed by atoms with Gasteiger partial charge in [-0.1, -0.05) is 46.0 Å². The predicted octanol–water partition coefficient (Wildman–Crippen LogP) is 4.34. The molecule has 0 atom stereocenters. The summed E-state index contributed by atoms with van der Waals surface area (Å²) in [6.07, 6.45) is 15.8. The first kappa shape index (κ1) is 15.8. The number of hydrogen-bond donors (Lipinski definition) is 1. The molecule has 0 aromatic carbocycles. The Morgan fingerprint density at radius 3 is 2.24 bits per heavy atom. The largest absolute Gasteiger partial charge is 0.308 e. The zero-order chi connectivity index (χ0) is 14.8. The van der Waals surface area contributed by atoms with Crippen molar-refractivity contribution in [3.8, 4) is 0 Å². The Balaban J connectivity index is 1.75. The lowest BCUT2D eigenvalue weighted by Crippen LogP contribution is -2.70. The molecule has 122 valence electrons. The minimum Gasteiger partial charge on any atom is -0.308 e. The third-order valence-electron chi connectivity index (χ3n) is 7.05. The summed E-state index contributed by atoms with van der Waals surface area (Å²) in [5.41, 5.74) is 0.899. The Hall–Kier alpha value is -0.0800. The highest BCUT2D eigenvalue weighted by molar-refractivity contribution is 5.06. The van der Waals surface area contributed by atoms with Gasteiger partial charge in [0.1, 0.15) is 0 Å². The molecule has 2 aliphatic carbocycles. The van der Waals surface area contributed by atoms with Crippen LogP contribution in [0.1, 0.15) is 84.5 Å². The third kappa shape index (κ3) is 3.17. The second-order valence-electron chi connectivity index (χ2n) is 8.16. The van der Waals surface area contributed by atoms with E-state index in [1.165, 1.54) is 90.3 Å². The molecule has 3 fully saturated rings. The van der Waals surface area contributed by atoms with Gasteiger partial charge in [0.15, 0.2) is 0 Å². The first-order chi connectivity index (χ1) is 10.2. The molecule has 1 saturated heterocycles. The van der Waals surface area contributed by atoms with Gasteiger partial charge in [0, 0.05) is 30.7 Å². The van der Waals surface area contributed by atoms with Crippen molar-refractivity contribution in [2.24, 2.45) is 5.92 Å². The number of piperazine rings is 1. The van der Waals surface area contributed by atoms with Gasteiger partial charge < -0.3 is 5.32 Å². The first-order valence-corrected chi connectivity index (χ1v) is 9.72. The Kier molecular flexibility index (Phi) is 4.95. The molecule has 2 nitrogen and oxygen atoms in total. The van der Waals surface area contributed by atoms with Crippen LogP contribution in [0.2, 0.25) is 0 Å². The van der Waals surface area contributed by atoms with E-state index in [1.54, 1.807) is 0 Å². The summed E-state index contributed by atoms with van der Waals surface area (Å²) in [6, 6.07) is 0. The van der Waals surface area contributed by atoms with Crippen LogP contribution >= 0.6 is 0 Å². The Morgan fingerprint density at radius 2 is 1.62 bits per heavy atom. The van der Waals surface area contributed by atoms with E-state index in [1.807, 2.05) is 0 Å². The summed E-state index contributed by atoms with van der Waals surface area (Å²) in [5.74, 6) is 0.994. The molecule has 3 aliphatic rings. The number of hydrogen-bond acceptors (Lipinski definition) is 2. The highest BCUT2D eigenvalue weighted by Gasteiger charge is 2.46. The fourth-order valence-electron chi connectivity index (χ4n) is 5.24. The van der Waals surface area contributed by atoms with Crippen molar-refractivity contribution in [3.63, 3.8) is 0 Å². The maximum Gasteiger partial charge on any atom is 0.0335 e. The van der Waals surface area contributed by atoms with Crippen LogP contribution in [0.25, 0.3) is 0 Å². The van der Waals surface area contributed by atoms with Crippen LogP contribution in [0.5, 0.6) is 0 Å². The molecule has 0 aromatic rings. The molecule has 1 N–H and O–H groups in total. The second-order valence-corrected chi connectivity index (χ2v) is 8.16. The molecule has 1 spiro atoms. The molecule has 0 unspecified atom stereocenters. The maximum absolute atomic E-state index is 4.01. The lowest BCUT2D eigenvalue weighted by atomic mass is 9.75. The van der Waals surface area contributed by atoms with Crippen molar-refractivity contribution >= 4 is 0 Å². The monoisotopic (exact) mass is 292 g/mol. The van der Waals surface area contributed by atoms with Crippen molar-refractivity contribution in [1.82, 2.24) is 10.2 Å². The standard InChI is InChI=1S/C19H36N2/c1-3-18(4-2)16-21(14-17-10-6-7-11-17)19(15-20-18)12-8-5-9-13-19/h17,20H,3-16H2,1-2H3. The summed E-state index contributed by atoms with van der Waals surface area (Å²) in [7, 11) is 0. The van der Waals surface area contributed by atoms with E-state index < -0.39 is 0 Å². The van der Waals surface area contributed by atoms with Crippen molar-refractivity contribution in [2.75, 3.05) is 19.6 Å². The third-order valence-corrected chi connectivity index (χ3v) is 7.05. The molecule has 0 aromatic heterocycles. The molecule has 2 saturated carbocycles. The molecule has 21 heavy (non-hydrogen) atoms. The van der Waals surface area contributed by atoms with Gasteiger partial charge in [-0.05, 0) is 44.4 Å². The fourth-order valence-corrected chi connectivity index (χ4v) is 5.24. The molecule has 0 amide bonds. The molecule has 0 bridgehead atoms. The SMILES string of the molecule is CCC1(CC)CN(CC2CCCC2)C2(CCCCC2)CN1. The fraction of sp³-hybridized carbons (Fsp3) is 1.00. The van der Waals surface area contributed by atoms with Gasteiger partial charge in [0.2, 0.25) is 0 Å². The van der Waals surface area contributed by atoms with E-state index in [4.69, 9.17) is 0 Å². The van der Waals surface area contributed by atoms with Crippen LogP contribution in [0.4, 0.5) is 0 Å². The van der Waals surface area contributed by atoms with E-state index in [0.29, 0.717) is 11.1 Å². The minimum absolute atomic E-state index is 0.390. The molecular formula is C19H36N2.